The molecule has 1 aromatic heterocycles. The summed E-state index contributed by atoms with van der Waals surface area (Å²) >= 11 is 5.39. The molecule has 0 amide bonds. The zero-order chi connectivity index (χ0) is 12.0. The third-order valence-corrected chi connectivity index (χ3v) is 4.80. The van der Waals surface area contributed by atoms with E-state index in [9.17, 15) is 0 Å². The van der Waals surface area contributed by atoms with Gasteiger partial charge in [0.25, 0.3) is 0 Å². The molecule has 0 aliphatic rings. The largest absolute Gasteiger partial charge is 0.382 e. The van der Waals surface area contributed by atoms with Gasteiger partial charge in [-0.25, -0.2) is 0 Å². The molecule has 16 heavy (non-hydrogen) atoms. The topological polar surface area (TPSA) is 21.3 Å². The van der Waals surface area contributed by atoms with Crippen molar-refractivity contribution in [1.29, 1.82) is 0 Å². The fraction of sp³-hybridized carbons (Fsp3) is 0.667. The summed E-state index contributed by atoms with van der Waals surface area (Å²) in [6.45, 7) is 2.12. The SMILES string of the molecule is CNC(CCC(C)OC)Cc1sccc1Br. The van der Waals surface area contributed by atoms with Gasteiger partial charge >= 0.3 is 0 Å². The fourth-order valence-electron chi connectivity index (χ4n) is 1.60. The first-order valence-electron chi connectivity index (χ1n) is 5.59. The Hall–Kier alpha value is 0.100. The number of hydrogen-bond acceptors (Lipinski definition) is 3. The quantitative estimate of drug-likeness (QED) is 0.833. The van der Waals surface area contributed by atoms with E-state index in [4.69, 9.17) is 4.74 Å². The maximum Gasteiger partial charge on any atom is 0.0543 e. The van der Waals surface area contributed by atoms with E-state index < -0.39 is 0 Å². The van der Waals surface area contributed by atoms with E-state index in [0.717, 1.165) is 19.3 Å². The van der Waals surface area contributed by atoms with Gasteiger partial charge in [-0.2, -0.15) is 0 Å². The van der Waals surface area contributed by atoms with Gasteiger partial charge in [-0.1, -0.05) is 0 Å². The van der Waals surface area contributed by atoms with Gasteiger partial charge in [0.05, 0.1) is 6.10 Å². The van der Waals surface area contributed by atoms with Crippen molar-refractivity contribution in [3.63, 3.8) is 0 Å². The van der Waals surface area contributed by atoms with Crippen LogP contribution in [0.25, 0.3) is 0 Å². The summed E-state index contributed by atoms with van der Waals surface area (Å²) in [7, 11) is 3.80. The van der Waals surface area contributed by atoms with Crippen LogP contribution in [0.15, 0.2) is 15.9 Å². The minimum atomic E-state index is 0.350. The molecule has 0 fully saturated rings. The van der Waals surface area contributed by atoms with Crippen molar-refractivity contribution in [2.75, 3.05) is 14.2 Å². The minimum absolute atomic E-state index is 0.350. The van der Waals surface area contributed by atoms with E-state index in [1.54, 1.807) is 7.11 Å². The molecule has 0 aliphatic heterocycles. The van der Waals surface area contributed by atoms with Crippen molar-refractivity contribution >= 4 is 27.3 Å². The predicted octanol–water partition coefficient (Wildman–Crippen LogP) is 3.46. The molecule has 0 saturated heterocycles. The van der Waals surface area contributed by atoms with Gasteiger partial charge in [0.15, 0.2) is 0 Å². The number of likely N-dealkylation sites (N-methyl/N-ethyl adjacent to an activating group) is 1. The Morgan fingerprint density at radius 1 is 1.50 bits per heavy atom. The molecule has 1 heterocycles. The molecule has 0 saturated carbocycles. The Morgan fingerprint density at radius 2 is 2.25 bits per heavy atom. The Balaban J connectivity index is 2.40. The smallest absolute Gasteiger partial charge is 0.0543 e. The molecule has 92 valence electrons. The van der Waals surface area contributed by atoms with Crippen LogP contribution >= 0.6 is 27.3 Å². The summed E-state index contributed by atoms with van der Waals surface area (Å²) in [5.74, 6) is 0. The molecule has 1 rings (SSSR count). The number of hydrogen-bond donors (Lipinski definition) is 1. The van der Waals surface area contributed by atoms with Crippen molar-refractivity contribution in [3.05, 3.63) is 20.8 Å². The Labute approximate surface area is 111 Å². The van der Waals surface area contributed by atoms with Crippen LogP contribution in [0.1, 0.15) is 24.6 Å². The van der Waals surface area contributed by atoms with Gasteiger partial charge in [-0.05, 0) is 60.6 Å². The molecule has 1 N–H and O–H groups in total. The number of ether oxygens (including phenoxy) is 1. The highest BCUT2D eigenvalue weighted by molar-refractivity contribution is 9.10. The standard InChI is InChI=1S/C12H20BrNOS/c1-9(15-3)4-5-10(14-2)8-12-11(13)6-7-16-12/h6-7,9-10,14H,4-5,8H2,1-3H3. The summed E-state index contributed by atoms with van der Waals surface area (Å²) < 4.78 is 6.50. The number of nitrogens with one attached hydrogen (secondary N) is 1. The highest BCUT2D eigenvalue weighted by Crippen LogP contribution is 2.24. The van der Waals surface area contributed by atoms with Crippen molar-refractivity contribution in [1.82, 2.24) is 5.32 Å². The van der Waals surface area contributed by atoms with Gasteiger partial charge in [0, 0.05) is 22.5 Å². The summed E-state index contributed by atoms with van der Waals surface area (Å²) in [4.78, 5) is 1.42. The number of methoxy groups -OCH3 is 1. The zero-order valence-corrected chi connectivity index (χ0v) is 12.5. The van der Waals surface area contributed by atoms with E-state index in [-0.39, 0.29) is 0 Å². The fourth-order valence-corrected chi connectivity index (χ4v) is 3.19. The number of thiophene rings is 1. The molecular weight excluding hydrogens is 286 g/mol. The minimum Gasteiger partial charge on any atom is -0.382 e. The second-order valence-electron chi connectivity index (χ2n) is 4.01. The van der Waals surface area contributed by atoms with Crippen LogP contribution in [-0.2, 0) is 11.2 Å². The van der Waals surface area contributed by atoms with Gasteiger partial charge in [-0.15, -0.1) is 11.3 Å². The lowest BCUT2D eigenvalue weighted by Crippen LogP contribution is -2.28. The van der Waals surface area contributed by atoms with Crippen LogP contribution in [0.5, 0.6) is 0 Å². The van der Waals surface area contributed by atoms with Crippen molar-refractivity contribution in [2.45, 2.75) is 38.3 Å². The summed E-state index contributed by atoms with van der Waals surface area (Å²) in [5, 5.41) is 5.51. The van der Waals surface area contributed by atoms with Gasteiger partial charge < -0.3 is 10.1 Å². The highest BCUT2D eigenvalue weighted by atomic mass is 79.9. The molecule has 4 heteroatoms. The molecule has 1 aromatic rings. The van der Waals surface area contributed by atoms with Crippen LogP contribution in [0.4, 0.5) is 0 Å². The molecule has 0 radical (unpaired) electrons. The Kier molecular flexibility index (Phi) is 6.58. The number of rotatable bonds is 7. The van der Waals surface area contributed by atoms with E-state index in [1.807, 2.05) is 18.4 Å². The summed E-state index contributed by atoms with van der Waals surface area (Å²) in [5.41, 5.74) is 0. The molecule has 0 bridgehead atoms. The predicted molar refractivity (Wildman–Crippen MR) is 74.3 cm³/mol. The van der Waals surface area contributed by atoms with Crippen molar-refractivity contribution in [3.8, 4) is 0 Å². The van der Waals surface area contributed by atoms with Crippen molar-refractivity contribution in [2.24, 2.45) is 0 Å². The van der Waals surface area contributed by atoms with Crippen molar-refractivity contribution < 1.29 is 4.74 Å². The Bertz CT molecular complexity index is 303. The summed E-state index contributed by atoms with van der Waals surface area (Å²) in [6, 6.07) is 2.65. The third kappa shape index (κ3) is 4.53. The molecule has 2 nitrogen and oxygen atoms in total. The lowest BCUT2D eigenvalue weighted by molar-refractivity contribution is 0.106. The molecule has 0 spiro atoms. The molecule has 0 aromatic carbocycles. The lowest BCUT2D eigenvalue weighted by atomic mass is 10.1. The second-order valence-corrected chi connectivity index (χ2v) is 5.86. The van der Waals surface area contributed by atoms with Gasteiger partial charge in [0.2, 0.25) is 0 Å². The zero-order valence-electron chi connectivity index (χ0n) is 10.1. The first-order chi connectivity index (χ1) is 7.67. The Morgan fingerprint density at radius 3 is 2.75 bits per heavy atom. The highest BCUT2D eigenvalue weighted by Gasteiger charge is 2.12. The summed E-state index contributed by atoms with van der Waals surface area (Å²) in [6.07, 6.45) is 3.69. The van der Waals surface area contributed by atoms with Crippen LogP contribution in [0.3, 0.4) is 0 Å². The molecule has 2 unspecified atom stereocenters. The van der Waals surface area contributed by atoms with E-state index >= 15 is 0 Å². The molecule has 0 aliphatic carbocycles. The van der Waals surface area contributed by atoms with E-state index in [1.165, 1.54) is 9.35 Å². The van der Waals surface area contributed by atoms with Crippen LogP contribution in [0.2, 0.25) is 0 Å². The monoisotopic (exact) mass is 305 g/mol. The molecular formula is C12H20BrNOS. The van der Waals surface area contributed by atoms with Crippen LogP contribution in [-0.4, -0.2) is 26.3 Å². The van der Waals surface area contributed by atoms with Crippen LogP contribution < -0.4 is 5.32 Å². The number of halogens is 1. The third-order valence-electron chi connectivity index (χ3n) is 2.86. The van der Waals surface area contributed by atoms with Gasteiger partial charge in [0.1, 0.15) is 0 Å². The van der Waals surface area contributed by atoms with Gasteiger partial charge in [-0.3, -0.25) is 0 Å². The van der Waals surface area contributed by atoms with E-state index in [0.29, 0.717) is 12.1 Å². The first kappa shape index (κ1) is 14.2. The van der Waals surface area contributed by atoms with E-state index in [2.05, 4.69) is 39.6 Å². The average Bonchev–Trinajstić information content (AvgIpc) is 2.69. The van der Waals surface area contributed by atoms with Crippen LogP contribution in [0, 0.1) is 0 Å². The maximum absolute atomic E-state index is 5.27. The first-order valence-corrected chi connectivity index (χ1v) is 7.26. The maximum atomic E-state index is 5.27. The second kappa shape index (κ2) is 7.43. The molecule has 2 atom stereocenters. The normalized spacial score (nSPS) is 15.0. The average molecular weight is 306 g/mol. The lowest BCUT2D eigenvalue weighted by Gasteiger charge is -2.17.